The quantitative estimate of drug-likeness (QED) is 0.793. The fraction of sp³-hybridized carbons (Fsp3) is 0.118. The van der Waals surface area contributed by atoms with Crippen molar-refractivity contribution in [3.63, 3.8) is 0 Å². The van der Waals surface area contributed by atoms with Crippen molar-refractivity contribution in [3.05, 3.63) is 65.1 Å². The monoisotopic (exact) mass is 313 g/mol. The predicted molar refractivity (Wildman–Crippen MR) is 84.8 cm³/mol. The average molecular weight is 313 g/mol. The van der Waals surface area contributed by atoms with Gasteiger partial charge in [-0.05, 0) is 31.2 Å². The Balaban J connectivity index is 2.52. The molecule has 0 saturated heterocycles. The topological polar surface area (TPSA) is 67.2 Å². The van der Waals surface area contributed by atoms with Crippen LogP contribution in [0.4, 0.5) is 0 Å². The van der Waals surface area contributed by atoms with Gasteiger partial charge >= 0.3 is 0 Å². The Morgan fingerprint density at radius 3 is 2.41 bits per heavy atom. The normalized spacial score (nSPS) is 11.7. The summed E-state index contributed by atoms with van der Waals surface area (Å²) in [7, 11) is -3.84. The second-order valence-corrected chi connectivity index (χ2v) is 6.33. The second kappa shape index (κ2) is 6.92. The summed E-state index contributed by atoms with van der Waals surface area (Å²) in [5.41, 5.74) is 0.556. The molecule has 0 saturated carbocycles. The fourth-order valence-electron chi connectivity index (χ4n) is 1.92. The lowest BCUT2D eigenvalue weighted by molar-refractivity contribution is 0.339. The molecule has 0 fully saturated rings. The minimum Gasteiger partial charge on any atom is -0.493 e. The zero-order chi connectivity index (χ0) is 16.0. The van der Waals surface area contributed by atoms with Crippen molar-refractivity contribution in [2.24, 2.45) is 0 Å². The van der Waals surface area contributed by atoms with Gasteiger partial charge in [0.1, 0.15) is 16.7 Å². The zero-order valence-electron chi connectivity index (χ0n) is 12.1. The molecule has 0 radical (unpaired) electrons. The first-order chi connectivity index (χ1) is 10.6. The van der Waals surface area contributed by atoms with Gasteiger partial charge in [-0.2, -0.15) is 5.26 Å². The number of ether oxygens (including phenoxy) is 1. The lowest BCUT2D eigenvalue weighted by Crippen LogP contribution is -2.03. The Kier molecular flexibility index (Phi) is 4.97. The lowest BCUT2D eigenvalue weighted by Gasteiger charge is -2.07. The molecule has 22 heavy (non-hydrogen) atoms. The summed E-state index contributed by atoms with van der Waals surface area (Å²) in [6, 6.07) is 16.7. The smallest absolute Gasteiger partial charge is 0.216 e. The van der Waals surface area contributed by atoms with Gasteiger partial charge in [0.2, 0.25) is 9.84 Å². The van der Waals surface area contributed by atoms with E-state index in [4.69, 9.17) is 4.74 Å². The van der Waals surface area contributed by atoms with Crippen molar-refractivity contribution >= 4 is 15.9 Å². The van der Waals surface area contributed by atoms with Crippen LogP contribution in [0, 0.1) is 11.3 Å². The number of sulfone groups is 1. The molecule has 0 N–H and O–H groups in total. The molecule has 5 heteroatoms. The molecular formula is C17H15NO3S. The minimum atomic E-state index is -3.84. The number of hydrogen-bond donors (Lipinski definition) is 0. The van der Waals surface area contributed by atoms with E-state index in [1.807, 2.05) is 6.92 Å². The predicted octanol–water partition coefficient (Wildman–Crippen LogP) is 3.42. The van der Waals surface area contributed by atoms with E-state index in [1.54, 1.807) is 48.5 Å². The highest BCUT2D eigenvalue weighted by Gasteiger charge is 2.20. The van der Waals surface area contributed by atoms with Gasteiger partial charge in [0.05, 0.1) is 11.5 Å². The van der Waals surface area contributed by atoms with Crippen molar-refractivity contribution < 1.29 is 13.2 Å². The first-order valence-electron chi connectivity index (χ1n) is 6.73. The van der Waals surface area contributed by atoms with E-state index in [1.165, 1.54) is 18.2 Å². The average Bonchev–Trinajstić information content (AvgIpc) is 2.55. The van der Waals surface area contributed by atoms with E-state index in [9.17, 15) is 13.7 Å². The van der Waals surface area contributed by atoms with Crippen molar-refractivity contribution in [2.45, 2.75) is 11.8 Å². The molecule has 0 amide bonds. The van der Waals surface area contributed by atoms with Gasteiger partial charge in [-0.1, -0.05) is 36.4 Å². The molecule has 0 aliphatic rings. The number of allylic oxidation sites excluding steroid dienone is 1. The van der Waals surface area contributed by atoms with Crippen LogP contribution in [0.25, 0.3) is 6.08 Å². The molecule has 4 nitrogen and oxygen atoms in total. The first-order valence-corrected chi connectivity index (χ1v) is 8.21. The molecule has 0 aliphatic heterocycles. The summed E-state index contributed by atoms with van der Waals surface area (Å²) in [5.74, 6) is 0.543. The molecule has 2 aromatic carbocycles. The Morgan fingerprint density at radius 2 is 1.77 bits per heavy atom. The summed E-state index contributed by atoms with van der Waals surface area (Å²) in [5, 5.41) is 9.27. The van der Waals surface area contributed by atoms with Gasteiger partial charge in [0.15, 0.2) is 0 Å². The summed E-state index contributed by atoms with van der Waals surface area (Å²) in [6.45, 7) is 2.30. The summed E-state index contributed by atoms with van der Waals surface area (Å²) in [6.07, 6.45) is 1.34. The van der Waals surface area contributed by atoms with Crippen LogP contribution >= 0.6 is 0 Å². The van der Waals surface area contributed by atoms with Gasteiger partial charge in [-0.3, -0.25) is 0 Å². The van der Waals surface area contributed by atoms with Crippen LogP contribution in [0.3, 0.4) is 0 Å². The van der Waals surface area contributed by atoms with Gasteiger partial charge in [-0.15, -0.1) is 0 Å². The van der Waals surface area contributed by atoms with Gasteiger partial charge in [-0.25, -0.2) is 8.42 Å². The van der Waals surface area contributed by atoms with Crippen LogP contribution in [-0.4, -0.2) is 15.0 Å². The summed E-state index contributed by atoms with van der Waals surface area (Å²) >= 11 is 0. The van der Waals surface area contributed by atoms with Crippen LogP contribution in [0.15, 0.2) is 64.4 Å². The fourth-order valence-corrected chi connectivity index (χ4v) is 3.10. The molecule has 0 aliphatic carbocycles. The molecule has 0 unspecified atom stereocenters. The molecule has 0 atom stereocenters. The summed E-state index contributed by atoms with van der Waals surface area (Å²) < 4.78 is 30.5. The van der Waals surface area contributed by atoms with Crippen LogP contribution in [-0.2, 0) is 9.84 Å². The molecule has 112 valence electrons. The molecular weight excluding hydrogens is 298 g/mol. The van der Waals surface area contributed by atoms with Crippen LogP contribution in [0.5, 0.6) is 5.75 Å². The van der Waals surface area contributed by atoms with Crippen molar-refractivity contribution in [1.29, 1.82) is 5.26 Å². The Bertz CT molecular complexity index is 818. The first kappa shape index (κ1) is 15.8. The third-order valence-electron chi connectivity index (χ3n) is 2.96. The number of nitriles is 1. The summed E-state index contributed by atoms with van der Waals surface area (Å²) in [4.78, 5) is -0.220. The van der Waals surface area contributed by atoms with Crippen LogP contribution in [0.1, 0.15) is 12.5 Å². The largest absolute Gasteiger partial charge is 0.493 e. The van der Waals surface area contributed by atoms with E-state index in [0.29, 0.717) is 17.9 Å². The maximum absolute atomic E-state index is 12.5. The number of nitrogens with zero attached hydrogens (tertiary/aromatic N) is 1. The standard InChI is InChI=1S/C17H15NO3S/c1-2-21-17-11-7-6-8-14(17)12-16(13-18)22(19,20)15-9-4-3-5-10-15/h3-12H,2H2,1H3/b16-12+. The maximum Gasteiger partial charge on any atom is 0.216 e. The number of rotatable bonds is 5. The van der Waals surface area contributed by atoms with Crippen LogP contribution in [0.2, 0.25) is 0 Å². The highest BCUT2D eigenvalue weighted by molar-refractivity contribution is 7.95. The Morgan fingerprint density at radius 1 is 1.14 bits per heavy atom. The minimum absolute atomic E-state index is 0.0942. The van der Waals surface area contributed by atoms with Crippen molar-refractivity contribution in [2.75, 3.05) is 6.61 Å². The van der Waals surface area contributed by atoms with Gasteiger partial charge in [0.25, 0.3) is 0 Å². The molecule has 2 rings (SSSR count). The third kappa shape index (κ3) is 3.35. The maximum atomic E-state index is 12.5. The van der Waals surface area contributed by atoms with Crippen molar-refractivity contribution in [3.8, 4) is 11.8 Å². The SMILES string of the molecule is CCOc1ccccc1/C=C(\C#N)S(=O)(=O)c1ccccc1. The van der Waals surface area contributed by atoms with Gasteiger partial charge < -0.3 is 4.74 Å². The van der Waals surface area contributed by atoms with E-state index in [0.717, 1.165) is 0 Å². The Hall–Kier alpha value is -2.58. The van der Waals surface area contributed by atoms with E-state index in [2.05, 4.69) is 0 Å². The van der Waals surface area contributed by atoms with E-state index < -0.39 is 9.84 Å². The third-order valence-corrected chi connectivity index (χ3v) is 4.64. The molecule has 0 aromatic heterocycles. The molecule has 2 aromatic rings. The van der Waals surface area contributed by atoms with E-state index >= 15 is 0 Å². The number of hydrogen-bond acceptors (Lipinski definition) is 4. The molecule has 0 bridgehead atoms. The van der Waals surface area contributed by atoms with Crippen LogP contribution < -0.4 is 4.74 Å². The second-order valence-electron chi connectivity index (χ2n) is 4.41. The zero-order valence-corrected chi connectivity index (χ0v) is 12.9. The highest BCUT2D eigenvalue weighted by atomic mass is 32.2. The number of benzene rings is 2. The van der Waals surface area contributed by atoms with Crippen molar-refractivity contribution in [1.82, 2.24) is 0 Å². The Labute approximate surface area is 130 Å². The van der Waals surface area contributed by atoms with E-state index in [-0.39, 0.29) is 9.80 Å². The molecule has 0 heterocycles. The number of para-hydroxylation sites is 1. The molecule has 0 spiro atoms. The van der Waals surface area contributed by atoms with Gasteiger partial charge in [0, 0.05) is 5.56 Å². The lowest BCUT2D eigenvalue weighted by atomic mass is 10.2. The highest BCUT2D eigenvalue weighted by Crippen LogP contribution is 2.25.